The highest BCUT2D eigenvalue weighted by Crippen LogP contribution is 2.25. The van der Waals surface area contributed by atoms with E-state index in [-0.39, 0.29) is 0 Å². The maximum atomic E-state index is 3.49. The molecule has 1 aliphatic heterocycles. The number of hydrogen-bond donors (Lipinski definition) is 1. The van der Waals surface area contributed by atoms with Crippen molar-refractivity contribution in [2.24, 2.45) is 0 Å². The molecule has 82 valence electrons. The highest BCUT2D eigenvalue weighted by atomic mass is 15.1. The minimum atomic E-state index is 0.642. The molecule has 1 N–H and O–H groups in total. The van der Waals surface area contributed by atoms with Gasteiger partial charge in [0.25, 0.3) is 0 Å². The summed E-state index contributed by atoms with van der Waals surface area (Å²) in [5, 5.41) is 3.49. The molecule has 1 aromatic carbocycles. The van der Waals surface area contributed by atoms with E-state index in [9.17, 15) is 0 Å². The lowest BCUT2D eigenvalue weighted by Gasteiger charge is -2.29. The van der Waals surface area contributed by atoms with Crippen LogP contribution in [0, 0.1) is 6.92 Å². The van der Waals surface area contributed by atoms with E-state index < -0.39 is 0 Å². The van der Waals surface area contributed by atoms with E-state index in [2.05, 4.69) is 49.4 Å². The van der Waals surface area contributed by atoms with Crippen LogP contribution in [0.25, 0.3) is 0 Å². The molecular weight excluding hydrogens is 184 g/mol. The standard InChI is InChI=1S/C13H20N2/c1-10-4-5-11-7-14-8-12(9-15(2)3)13(11)6-10/h4-6,12,14H,7-9H2,1-3H3. The molecule has 2 nitrogen and oxygen atoms in total. The lowest BCUT2D eigenvalue weighted by Crippen LogP contribution is -2.34. The number of rotatable bonds is 2. The molecule has 0 saturated carbocycles. The number of likely N-dealkylation sites (N-methyl/N-ethyl adjacent to an activating group) is 1. The molecule has 0 aromatic heterocycles. The second-order valence-corrected chi connectivity index (χ2v) is 4.79. The highest BCUT2D eigenvalue weighted by molar-refractivity contribution is 5.36. The number of nitrogens with one attached hydrogen (secondary N) is 1. The Balaban J connectivity index is 2.28. The van der Waals surface area contributed by atoms with Gasteiger partial charge < -0.3 is 10.2 Å². The molecule has 2 heteroatoms. The van der Waals surface area contributed by atoms with Gasteiger partial charge in [-0.3, -0.25) is 0 Å². The van der Waals surface area contributed by atoms with Gasteiger partial charge in [0.15, 0.2) is 0 Å². The summed E-state index contributed by atoms with van der Waals surface area (Å²) in [4.78, 5) is 2.27. The molecule has 1 aromatic rings. The lowest BCUT2D eigenvalue weighted by atomic mass is 9.89. The van der Waals surface area contributed by atoms with Crippen LogP contribution in [0.4, 0.5) is 0 Å². The van der Waals surface area contributed by atoms with Crippen LogP contribution in [-0.2, 0) is 6.54 Å². The second kappa shape index (κ2) is 4.33. The molecule has 0 spiro atoms. The van der Waals surface area contributed by atoms with Crippen molar-refractivity contribution < 1.29 is 0 Å². The smallest absolute Gasteiger partial charge is 0.0208 e. The zero-order valence-electron chi connectivity index (χ0n) is 9.88. The monoisotopic (exact) mass is 204 g/mol. The van der Waals surface area contributed by atoms with Gasteiger partial charge in [0.05, 0.1) is 0 Å². The predicted molar refractivity (Wildman–Crippen MR) is 64.2 cm³/mol. The summed E-state index contributed by atoms with van der Waals surface area (Å²) < 4.78 is 0. The van der Waals surface area contributed by atoms with E-state index in [1.165, 1.54) is 11.1 Å². The summed E-state index contributed by atoms with van der Waals surface area (Å²) in [6.45, 7) is 5.44. The Morgan fingerprint density at radius 2 is 2.20 bits per heavy atom. The van der Waals surface area contributed by atoms with E-state index in [1.54, 1.807) is 5.56 Å². The van der Waals surface area contributed by atoms with Gasteiger partial charge in [-0.05, 0) is 32.1 Å². The van der Waals surface area contributed by atoms with Crippen LogP contribution < -0.4 is 5.32 Å². The third-order valence-corrected chi connectivity index (χ3v) is 3.03. The molecule has 0 aliphatic carbocycles. The molecule has 2 rings (SSSR count). The Kier molecular flexibility index (Phi) is 3.08. The van der Waals surface area contributed by atoms with Crippen molar-refractivity contribution in [3.8, 4) is 0 Å². The first-order valence-corrected chi connectivity index (χ1v) is 5.61. The number of hydrogen-bond acceptors (Lipinski definition) is 2. The average Bonchev–Trinajstić information content (AvgIpc) is 2.18. The number of aryl methyl sites for hydroxylation is 1. The van der Waals surface area contributed by atoms with Crippen LogP contribution in [0.15, 0.2) is 18.2 Å². The van der Waals surface area contributed by atoms with Crippen molar-refractivity contribution in [2.75, 3.05) is 27.2 Å². The van der Waals surface area contributed by atoms with Crippen LogP contribution in [0.5, 0.6) is 0 Å². The first-order chi connectivity index (χ1) is 7.16. The maximum absolute atomic E-state index is 3.49. The van der Waals surface area contributed by atoms with Crippen molar-refractivity contribution in [1.29, 1.82) is 0 Å². The van der Waals surface area contributed by atoms with Crippen molar-refractivity contribution in [3.05, 3.63) is 34.9 Å². The third kappa shape index (κ3) is 2.39. The van der Waals surface area contributed by atoms with E-state index in [1.807, 2.05) is 0 Å². The number of benzene rings is 1. The van der Waals surface area contributed by atoms with Crippen molar-refractivity contribution >= 4 is 0 Å². The normalized spacial score (nSPS) is 20.4. The summed E-state index contributed by atoms with van der Waals surface area (Å²) in [7, 11) is 4.29. The topological polar surface area (TPSA) is 15.3 Å². The van der Waals surface area contributed by atoms with Crippen molar-refractivity contribution in [3.63, 3.8) is 0 Å². The summed E-state index contributed by atoms with van der Waals surface area (Å²) in [6, 6.07) is 6.82. The van der Waals surface area contributed by atoms with Crippen LogP contribution in [0.1, 0.15) is 22.6 Å². The molecule has 0 radical (unpaired) electrons. The Bertz CT molecular complexity index is 344. The Morgan fingerprint density at radius 3 is 2.93 bits per heavy atom. The van der Waals surface area contributed by atoms with Gasteiger partial charge in [0.2, 0.25) is 0 Å². The Labute approximate surface area is 92.3 Å². The number of nitrogens with zero attached hydrogens (tertiary/aromatic N) is 1. The third-order valence-electron chi connectivity index (χ3n) is 3.03. The van der Waals surface area contributed by atoms with Gasteiger partial charge in [0.1, 0.15) is 0 Å². The first kappa shape index (κ1) is 10.7. The fraction of sp³-hybridized carbons (Fsp3) is 0.538. The molecule has 0 bridgehead atoms. The minimum Gasteiger partial charge on any atom is -0.312 e. The quantitative estimate of drug-likeness (QED) is 0.789. The van der Waals surface area contributed by atoms with E-state index in [4.69, 9.17) is 0 Å². The molecule has 1 unspecified atom stereocenters. The molecular formula is C13H20N2. The van der Waals surface area contributed by atoms with Gasteiger partial charge in [-0.25, -0.2) is 0 Å². The summed E-state index contributed by atoms with van der Waals surface area (Å²) in [6.07, 6.45) is 0. The Hall–Kier alpha value is -0.860. The van der Waals surface area contributed by atoms with E-state index in [0.717, 1.165) is 19.6 Å². The van der Waals surface area contributed by atoms with Crippen LogP contribution >= 0.6 is 0 Å². The minimum absolute atomic E-state index is 0.642. The SMILES string of the molecule is Cc1ccc2c(c1)C(CN(C)C)CNC2. The summed E-state index contributed by atoms with van der Waals surface area (Å²) in [5.41, 5.74) is 4.39. The summed E-state index contributed by atoms with van der Waals surface area (Å²) >= 11 is 0. The van der Waals surface area contributed by atoms with Gasteiger partial charge in [-0.1, -0.05) is 23.8 Å². The molecule has 0 saturated heterocycles. The van der Waals surface area contributed by atoms with E-state index >= 15 is 0 Å². The lowest BCUT2D eigenvalue weighted by molar-refractivity contribution is 0.355. The predicted octanol–water partition coefficient (Wildman–Crippen LogP) is 1.74. The summed E-state index contributed by atoms with van der Waals surface area (Å²) in [5.74, 6) is 0.642. The molecule has 0 fully saturated rings. The van der Waals surface area contributed by atoms with Crippen LogP contribution in [0.2, 0.25) is 0 Å². The average molecular weight is 204 g/mol. The van der Waals surface area contributed by atoms with Crippen LogP contribution in [-0.4, -0.2) is 32.1 Å². The van der Waals surface area contributed by atoms with Gasteiger partial charge in [-0.15, -0.1) is 0 Å². The van der Waals surface area contributed by atoms with Gasteiger partial charge >= 0.3 is 0 Å². The molecule has 1 heterocycles. The van der Waals surface area contributed by atoms with Crippen molar-refractivity contribution in [1.82, 2.24) is 10.2 Å². The Morgan fingerprint density at radius 1 is 1.40 bits per heavy atom. The largest absolute Gasteiger partial charge is 0.312 e. The fourth-order valence-electron chi connectivity index (χ4n) is 2.35. The number of fused-ring (bicyclic) bond motifs is 1. The fourth-order valence-corrected chi connectivity index (χ4v) is 2.35. The van der Waals surface area contributed by atoms with Gasteiger partial charge in [-0.2, -0.15) is 0 Å². The van der Waals surface area contributed by atoms with Crippen molar-refractivity contribution in [2.45, 2.75) is 19.4 Å². The zero-order chi connectivity index (χ0) is 10.8. The second-order valence-electron chi connectivity index (χ2n) is 4.79. The zero-order valence-corrected chi connectivity index (χ0v) is 9.88. The molecule has 15 heavy (non-hydrogen) atoms. The first-order valence-electron chi connectivity index (χ1n) is 5.61. The van der Waals surface area contributed by atoms with Crippen LogP contribution in [0.3, 0.4) is 0 Å². The molecule has 0 amide bonds. The highest BCUT2D eigenvalue weighted by Gasteiger charge is 2.20. The maximum Gasteiger partial charge on any atom is 0.0208 e. The molecule has 1 aliphatic rings. The van der Waals surface area contributed by atoms with E-state index in [0.29, 0.717) is 5.92 Å². The molecule has 1 atom stereocenters. The van der Waals surface area contributed by atoms with Gasteiger partial charge in [0, 0.05) is 25.6 Å².